The third kappa shape index (κ3) is 4.93. The van der Waals surface area contributed by atoms with Gasteiger partial charge in [-0.25, -0.2) is 4.79 Å². The first-order valence-corrected chi connectivity index (χ1v) is 5.04. The zero-order valence-electron chi connectivity index (χ0n) is 9.43. The smallest absolute Gasteiger partial charge is 0.338 e. The summed E-state index contributed by atoms with van der Waals surface area (Å²) in [5.74, 6) is 0.312. The van der Waals surface area contributed by atoms with Crippen LogP contribution < -0.4 is 22.9 Å². The van der Waals surface area contributed by atoms with Crippen LogP contribution >= 0.6 is 0 Å². The maximum absolute atomic E-state index is 11.4. The van der Waals surface area contributed by atoms with Gasteiger partial charge < -0.3 is 28.0 Å². The van der Waals surface area contributed by atoms with E-state index in [9.17, 15) is 9.59 Å². The number of nitrogens with two attached hydrogens (primary N) is 4. The lowest BCUT2D eigenvalue weighted by Gasteiger charge is -2.20. The topological polar surface area (TPSA) is 158 Å². The Balaban J connectivity index is 4.11. The minimum absolute atomic E-state index is 0.00854. The molecule has 0 aromatic carbocycles. The third-order valence-electron chi connectivity index (χ3n) is 2.36. The van der Waals surface area contributed by atoms with Gasteiger partial charge >= 0.3 is 5.97 Å². The number of Topliss-reactive ketones (excluding diaryl/α,β-unsaturated/α-hetero) is 1. The predicted octanol–water partition coefficient (Wildman–Crippen LogP) is -2.29. The minimum atomic E-state index is -1.81. The number of hydrogen-bond donors (Lipinski definition) is 5. The average Bonchev–Trinajstić information content (AvgIpc) is 2.26. The van der Waals surface area contributed by atoms with Crippen LogP contribution in [-0.2, 0) is 9.59 Å². The number of carboxylic acid groups (broad SMARTS) is 1. The van der Waals surface area contributed by atoms with Gasteiger partial charge in [0.25, 0.3) is 0 Å². The van der Waals surface area contributed by atoms with E-state index in [4.69, 9.17) is 34.5 Å². The molecule has 7 heteroatoms. The Morgan fingerprint density at radius 3 is 2.29 bits per heavy atom. The summed E-state index contributed by atoms with van der Waals surface area (Å²) in [6.07, 6.45) is 5.52. The zero-order chi connectivity index (χ0) is 13.6. The Labute approximate surface area is 99.5 Å². The molecule has 0 heterocycles. The van der Waals surface area contributed by atoms with E-state index in [0.29, 0.717) is 6.42 Å². The summed E-state index contributed by atoms with van der Waals surface area (Å²) in [5, 5.41) is 8.65. The number of hydrogen-bond acceptors (Lipinski definition) is 6. The van der Waals surface area contributed by atoms with E-state index in [-0.39, 0.29) is 12.8 Å². The molecule has 96 valence electrons. The van der Waals surface area contributed by atoms with Gasteiger partial charge in [-0.05, 0) is 19.3 Å². The van der Waals surface area contributed by atoms with Crippen molar-refractivity contribution in [3.8, 4) is 12.3 Å². The number of terminal acetylenes is 1. The van der Waals surface area contributed by atoms with E-state index in [2.05, 4.69) is 5.92 Å². The molecule has 0 aliphatic heterocycles. The second kappa shape index (κ2) is 6.32. The number of rotatable bonds is 7. The third-order valence-corrected chi connectivity index (χ3v) is 2.36. The van der Waals surface area contributed by atoms with Gasteiger partial charge in [-0.15, -0.1) is 6.42 Å². The Hall–Kier alpha value is -1.46. The molecule has 0 aliphatic carbocycles. The Bertz CT molecular complexity index is 335. The molecular weight excluding hydrogens is 224 g/mol. The minimum Gasteiger partial charge on any atom is -0.479 e. The van der Waals surface area contributed by atoms with Gasteiger partial charge in [0.2, 0.25) is 0 Å². The summed E-state index contributed by atoms with van der Waals surface area (Å²) >= 11 is 0. The Kier molecular flexibility index (Phi) is 5.78. The standard InChI is InChI=1S/C10H18N4O3/c1-2-6(11)8(15)7(12)4-3-5-10(13,14)9(16)17/h1,6-7H,3-5,11-14H2,(H,16,17). The van der Waals surface area contributed by atoms with Crippen molar-refractivity contribution in [1.29, 1.82) is 0 Å². The SMILES string of the molecule is C#CC(N)C(=O)C(N)CCCC(N)(N)C(=O)O. The van der Waals surface area contributed by atoms with Gasteiger partial charge in [0.05, 0.1) is 6.04 Å². The van der Waals surface area contributed by atoms with Gasteiger partial charge in [-0.2, -0.15) is 0 Å². The van der Waals surface area contributed by atoms with Crippen molar-refractivity contribution in [3.05, 3.63) is 0 Å². The fourth-order valence-electron chi connectivity index (χ4n) is 1.18. The average molecular weight is 242 g/mol. The number of carbonyl (C=O) groups excluding carboxylic acids is 1. The van der Waals surface area contributed by atoms with Crippen molar-refractivity contribution in [2.45, 2.75) is 37.0 Å². The van der Waals surface area contributed by atoms with Crippen molar-refractivity contribution in [2.24, 2.45) is 22.9 Å². The highest BCUT2D eigenvalue weighted by atomic mass is 16.4. The normalized spacial score (nSPS) is 14.8. The van der Waals surface area contributed by atoms with E-state index in [0.717, 1.165) is 0 Å². The van der Waals surface area contributed by atoms with Crippen LogP contribution in [0, 0.1) is 12.3 Å². The lowest BCUT2D eigenvalue weighted by atomic mass is 9.98. The highest BCUT2D eigenvalue weighted by molar-refractivity contribution is 5.91. The van der Waals surface area contributed by atoms with Crippen molar-refractivity contribution >= 4 is 11.8 Å². The molecule has 17 heavy (non-hydrogen) atoms. The fourth-order valence-corrected chi connectivity index (χ4v) is 1.18. The largest absolute Gasteiger partial charge is 0.479 e. The second-order valence-electron chi connectivity index (χ2n) is 3.89. The molecule has 0 bridgehead atoms. The molecule has 0 aromatic rings. The summed E-state index contributed by atoms with van der Waals surface area (Å²) in [7, 11) is 0. The molecule has 0 rings (SSSR count). The summed E-state index contributed by atoms with van der Waals surface area (Å²) in [5.41, 5.74) is 19.7. The van der Waals surface area contributed by atoms with Crippen LogP contribution in [0.4, 0.5) is 0 Å². The molecule has 0 spiro atoms. The van der Waals surface area contributed by atoms with Gasteiger partial charge in [-0.1, -0.05) is 5.92 Å². The molecule has 2 unspecified atom stereocenters. The Morgan fingerprint density at radius 1 is 1.35 bits per heavy atom. The molecular formula is C10H18N4O3. The molecule has 0 aliphatic rings. The first-order valence-electron chi connectivity index (χ1n) is 5.04. The van der Waals surface area contributed by atoms with Gasteiger partial charge in [-0.3, -0.25) is 4.79 Å². The number of ketones is 1. The van der Waals surface area contributed by atoms with Crippen molar-refractivity contribution in [1.82, 2.24) is 0 Å². The number of carbonyl (C=O) groups is 2. The van der Waals surface area contributed by atoms with E-state index in [1.54, 1.807) is 0 Å². The molecule has 0 saturated carbocycles. The highest BCUT2D eigenvalue weighted by Crippen LogP contribution is 2.08. The van der Waals surface area contributed by atoms with Crippen molar-refractivity contribution in [3.63, 3.8) is 0 Å². The Morgan fingerprint density at radius 2 is 1.88 bits per heavy atom. The molecule has 0 saturated heterocycles. The molecule has 0 amide bonds. The van der Waals surface area contributed by atoms with E-state index < -0.39 is 29.5 Å². The molecule has 9 N–H and O–H groups in total. The van der Waals surface area contributed by atoms with Gasteiger partial charge in [0.1, 0.15) is 6.04 Å². The zero-order valence-corrected chi connectivity index (χ0v) is 9.43. The molecule has 7 nitrogen and oxygen atoms in total. The van der Waals surface area contributed by atoms with Crippen LogP contribution in [0.25, 0.3) is 0 Å². The first kappa shape index (κ1) is 15.5. The van der Waals surface area contributed by atoms with E-state index >= 15 is 0 Å². The first-order chi connectivity index (χ1) is 7.72. The van der Waals surface area contributed by atoms with Gasteiger partial charge in [0, 0.05) is 0 Å². The van der Waals surface area contributed by atoms with Crippen LogP contribution in [0.3, 0.4) is 0 Å². The summed E-state index contributed by atoms with van der Waals surface area (Å²) < 4.78 is 0. The summed E-state index contributed by atoms with van der Waals surface area (Å²) in [4.78, 5) is 22.0. The summed E-state index contributed by atoms with van der Waals surface area (Å²) in [6.45, 7) is 0. The molecule has 0 aromatic heterocycles. The van der Waals surface area contributed by atoms with Crippen molar-refractivity contribution in [2.75, 3.05) is 0 Å². The molecule has 0 fully saturated rings. The monoisotopic (exact) mass is 242 g/mol. The second-order valence-corrected chi connectivity index (χ2v) is 3.89. The maximum atomic E-state index is 11.4. The van der Waals surface area contributed by atoms with Crippen LogP contribution in [0.5, 0.6) is 0 Å². The van der Waals surface area contributed by atoms with E-state index in [1.807, 2.05) is 0 Å². The van der Waals surface area contributed by atoms with E-state index in [1.165, 1.54) is 0 Å². The number of carboxylic acids is 1. The lowest BCUT2D eigenvalue weighted by molar-refractivity contribution is -0.143. The predicted molar refractivity (Wildman–Crippen MR) is 62.4 cm³/mol. The molecule has 2 atom stereocenters. The van der Waals surface area contributed by atoms with Crippen LogP contribution in [0.2, 0.25) is 0 Å². The summed E-state index contributed by atoms with van der Waals surface area (Å²) in [6, 6.07) is -1.87. The number of aliphatic carboxylic acids is 1. The quantitative estimate of drug-likeness (QED) is 0.248. The van der Waals surface area contributed by atoms with Crippen LogP contribution in [-0.4, -0.2) is 34.6 Å². The van der Waals surface area contributed by atoms with Crippen molar-refractivity contribution < 1.29 is 14.7 Å². The van der Waals surface area contributed by atoms with Crippen LogP contribution in [0.1, 0.15) is 19.3 Å². The molecule has 0 radical (unpaired) electrons. The van der Waals surface area contributed by atoms with Crippen LogP contribution in [0.15, 0.2) is 0 Å². The van der Waals surface area contributed by atoms with Gasteiger partial charge in [0.15, 0.2) is 11.4 Å². The highest BCUT2D eigenvalue weighted by Gasteiger charge is 2.28. The lowest BCUT2D eigenvalue weighted by Crippen LogP contribution is -2.56. The maximum Gasteiger partial charge on any atom is 0.338 e. The fraction of sp³-hybridized carbons (Fsp3) is 0.600.